The summed E-state index contributed by atoms with van der Waals surface area (Å²) in [6, 6.07) is 0. The molecular weight excluding hydrogens is 180 g/mol. The smallest absolute Gasteiger partial charge is 0.249 e. The Kier molecular flexibility index (Phi) is 2.41. The van der Waals surface area contributed by atoms with Crippen LogP contribution in [0.1, 0.15) is 40.5 Å². The van der Waals surface area contributed by atoms with Crippen molar-refractivity contribution in [3.63, 3.8) is 0 Å². The monoisotopic (exact) mass is 200 g/mol. The lowest BCUT2D eigenvalue weighted by atomic mass is 9.72. The largest absolute Gasteiger partial charge is 0.380 e. The molecule has 1 rings (SSSR count). The van der Waals surface area contributed by atoms with Gasteiger partial charge < -0.3 is 16.2 Å². The van der Waals surface area contributed by atoms with Crippen LogP contribution in [0.3, 0.4) is 0 Å². The number of nitrogens with two attached hydrogens (primary N) is 1. The molecule has 1 aliphatic heterocycles. The van der Waals surface area contributed by atoms with E-state index in [0.717, 1.165) is 0 Å². The molecule has 0 aromatic carbocycles. The Morgan fingerprint density at radius 3 is 1.86 bits per heavy atom. The summed E-state index contributed by atoms with van der Waals surface area (Å²) in [4.78, 5) is 11.2. The fourth-order valence-corrected chi connectivity index (χ4v) is 2.70. The molecule has 0 atom stereocenters. The minimum Gasteiger partial charge on any atom is -0.380 e. The fourth-order valence-electron chi connectivity index (χ4n) is 2.70. The summed E-state index contributed by atoms with van der Waals surface area (Å²) >= 11 is 0. The lowest BCUT2D eigenvalue weighted by Gasteiger charge is -2.49. The molecule has 0 aliphatic carbocycles. The van der Waals surface area contributed by atoms with Gasteiger partial charge in [0, 0.05) is 23.9 Å². The maximum absolute atomic E-state index is 11.2. The highest BCUT2D eigenvalue weighted by atomic mass is 16.3. The Morgan fingerprint density at radius 2 is 1.57 bits per heavy atom. The highest BCUT2D eigenvalue weighted by molar-refractivity contribution is 5.83. The van der Waals surface area contributed by atoms with Gasteiger partial charge >= 0.3 is 0 Å². The second-order valence-electron chi connectivity index (χ2n) is 5.64. The minimum atomic E-state index is -1.38. The van der Waals surface area contributed by atoms with Gasteiger partial charge in [-0.15, -0.1) is 0 Å². The van der Waals surface area contributed by atoms with E-state index in [2.05, 4.69) is 5.32 Å². The van der Waals surface area contributed by atoms with Gasteiger partial charge in [0.15, 0.2) is 0 Å². The van der Waals surface area contributed by atoms with Gasteiger partial charge in [-0.2, -0.15) is 0 Å². The van der Waals surface area contributed by atoms with Crippen LogP contribution in [-0.2, 0) is 4.79 Å². The Bertz CT molecular complexity index is 243. The third-order valence-electron chi connectivity index (χ3n) is 2.60. The summed E-state index contributed by atoms with van der Waals surface area (Å²) in [5.74, 6) is -0.625. The van der Waals surface area contributed by atoms with Crippen molar-refractivity contribution in [1.82, 2.24) is 5.32 Å². The molecule has 1 amide bonds. The van der Waals surface area contributed by atoms with E-state index in [-0.39, 0.29) is 11.1 Å². The Morgan fingerprint density at radius 1 is 1.21 bits per heavy atom. The second-order valence-corrected chi connectivity index (χ2v) is 5.64. The molecule has 0 aromatic rings. The van der Waals surface area contributed by atoms with Gasteiger partial charge in [-0.3, -0.25) is 4.79 Å². The molecule has 0 aromatic heterocycles. The summed E-state index contributed by atoms with van der Waals surface area (Å²) in [6.45, 7) is 7.84. The highest BCUT2D eigenvalue weighted by Gasteiger charge is 2.49. The first-order valence-electron chi connectivity index (χ1n) is 4.88. The summed E-state index contributed by atoms with van der Waals surface area (Å²) < 4.78 is 0. The molecule has 4 nitrogen and oxygen atoms in total. The van der Waals surface area contributed by atoms with Crippen LogP contribution in [-0.4, -0.2) is 27.7 Å². The maximum atomic E-state index is 11.2. The van der Waals surface area contributed by atoms with Gasteiger partial charge in [0.1, 0.15) is 5.60 Å². The van der Waals surface area contributed by atoms with Crippen molar-refractivity contribution < 1.29 is 9.90 Å². The predicted molar refractivity (Wildman–Crippen MR) is 54.7 cm³/mol. The molecule has 4 heteroatoms. The number of primary amides is 1. The van der Waals surface area contributed by atoms with Crippen LogP contribution >= 0.6 is 0 Å². The fraction of sp³-hybridized carbons (Fsp3) is 0.900. The number of amides is 1. The van der Waals surface area contributed by atoms with Gasteiger partial charge in [-0.05, 0) is 27.7 Å². The summed E-state index contributed by atoms with van der Waals surface area (Å²) in [7, 11) is 0. The number of aliphatic hydroxyl groups is 1. The molecule has 0 bridgehead atoms. The van der Waals surface area contributed by atoms with E-state index >= 15 is 0 Å². The van der Waals surface area contributed by atoms with Crippen molar-refractivity contribution in [1.29, 1.82) is 0 Å². The molecule has 82 valence electrons. The van der Waals surface area contributed by atoms with E-state index in [1.165, 1.54) is 0 Å². The number of nitrogens with one attached hydrogen (secondary N) is 1. The Hall–Kier alpha value is -0.610. The van der Waals surface area contributed by atoms with Crippen molar-refractivity contribution in [3.8, 4) is 0 Å². The van der Waals surface area contributed by atoms with Crippen LogP contribution in [0.5, 0.6) is 0 Å². The third kappa shape index (κ3) is 2.25. The van der Waals surface area contributed by atoms with Gasteiger partial charge in [0.2, 0.25) is 5.91 Å². The van der Waals surface area contributed by atoms with Crippen LogP contribution in [0, 0.1) is 0 Å². The number of hydrogen-bond donors (Lipinski definition) is 3. The first kappa shape index (κ1) is 11.5. The van der Waals surface area contributed by atoms with Crippen molar-refractivity contribution in [2.75, 3.05) is 0 Å². The molecule has 4 N–H and O–H groups in total. The molecule has 0 radical (unpaired) electrons. The zero-order valence-electron chi connectivity index (χ0n) is 9.35. The average molecular weight is 200 g/mol. The van der Waals surface area contributed by atoms with Crippen molar-refractivity contribution >= 4 is 5.91 Å². The van der Waals surface area contributed by atoms with Gasteiger partial charge in [-0.1, -0.05) is 0 Å². The predicted octanol–water partition coefficient (Wildman–Crippen LogP) is 0.143. The molecule has 1 saturated heterocycles. The number of rotatable bonds is 1. The van der Waals surface area contributed by atoms with Crippen molar-refractivity contribution in [2.45, 2.75) is 57.2 Å². The molecule has 0 unspecified atom stereocenters. The second kappa shape index (κ2) is 2.94. The molecule has 1 aliphatic rings. The van der Waals surface area contributed by atoms with E-state index in [9.17, 15) is 9.90 Å². The molecule has 1 fully saturated rings. The van der Waals surface area contributed by atoms with Crippen LogP contribution in [0.25, 0.3) is 0 Å². The average Bonchev–Trinajstić information content (AvgIpc) is 1.76. The summed E-state index contributed by atoms with van der Waals surface area (Å²) in [5.41, 5.74) is 3.31. The summed E-state index contributed by atoms with van der Waals surface area (Å²) in [6.07, 6.45) is 0.720. The maximum Gasteiger partial charge on any atom is 0.249 e. The van der Waals surface area contributed by atoms with E-state index in [1.54, 1.807) is 0 Å². The van der Waals surface area contributed by atoms with Crippen LogP contribution in [0.15, 0.2) is 0 Å². The zero-order chi connectivity index (χ0) is 11.2. The van der Waals surface area contributed by atoms with E-state index in [1.807, 2.05) is 27.7 Å². The van der Waals surface area contributed by atoms with E-state index in [0.29, 0.717) is 12.8 Å². The van der Waals surface area contributed by atoms with E-state index in [4.69, 9.17) is 5.73 Å². The van der Waals surface area contributed by atoms with Crippen molar-refractivity contribution in [2.24, 2.45) is 5.73 Å². The molecular formula is C10H20N2O2. The van der Waals surface area contributed by atoms with Crippen LogP contribution < -0.4 is 11.1 Å². The van der Waals surface area contributed by atoms with E-state index < -0.39 is 11.5 Å². The first-order chi connectivity index (χ1) is 6.06. The zero-order valence-corrected chi connectivity index (χ0v) is 9.35. The number of carbonyl (C=O) groups excluding carboxylic acids is 1. The Labute approximate surface area is 84.9 Å². The third-order valence-corrected chi connectivity index (χ3v) is 2.60. The molecule has 0 saturated carbocycles. The lowest BCUT2D eigenvalue weighted by Crippen LogP contribution is -2.66. The normalized spacial score (nSPS) is 28.4. The van der Waals surface area contributed by atoms with Gasteiger partial charge in [0.05, 0.1) is 0 Å². The molecule has 0 spiro atoms. The number of carbonyl (C=O) groups is 1. The first-order valence-corrected chi connectivity index (χ1v) is 4.88. The number of hydrogen-bond acceptors (Lipinski definition) is 3. The highest BCUT2D eigenvalue weighted by Crippen LogP contribution is 2.35. The SMILES string of the molecule is CC1(C)CC(O)(C(N)=O)CC(C)(C)N1. The summed E-state index contributed by atoms with van der Waals surface area (Å²) in [5, 5.41) is 13.5. The van der Waals surface area contributed by atoms with Crippen LogP contribution in [0.4, 0.5) is 0 Å². The molecule has 1 heterocycles. The lowest BCUT2D eigenvalue weighted by molar-refractivity contribution is -0.146. The molecule has 14 heavy (non-hydrogen) atoms. The quantitative estimate of drug-likeness (QED) is 0.563. The Balaban J connectivity index is 2.97. The van der Waals surface area contributed by atoms with Gasteiger partial charge in [-0.25, -0.2) is 0 Å². The topological polar surface area (TPSA) is 75.3 Å². The number of piperidine rings is 1. The van der Waals surface area contributed by atoms with Gasteiger partial charge in [0.25, 0.3) is 0 Å². The minimum absolute atomic E-state index is 0.272. The van der Waals surface area contributed by atoms with Crippen molar-refractivity contribution in [3.05, 3.63) is 0 Å². The standard InChI is InChI=1S/C10H20N2O2/c1-8(2)5-10(14,7(11)13)6-9(3,4)12-8/h12,14H,5-6H2,1-4H3,(H2,11,13). The van der Waals surface area contributed by atoms with Crippen LogP contribution in [0.2, 0.25) is 0 Å².